The van der Waals surface area contributed by atoms with Crippen molar-refractivity contribution in [3.05, 3.63) is 71.8 Å². The predicted molar refractivity (Wildman–Crippen MR) is 128 cm³/mol. The summed E-state index contributed by atoms with van der Waals surface area (Å²) < 4.78 is 17.2. The second-order valence-corrected chi connectivity index (χ2v) is 7.31. The molecule has 0 saturated heterocycles. The Balaban J connectivity index is 2.34. The molecular weight excluding hydrogens is 388 g/mol. The highest BCUT2D eigenvalue weighted by molar-refractivity contribution is 6.07. The molecule has 166 valence electrons. The topological polar surface area (TPSA) is 44.8 Å². The molecule has 0 aliphatic carbocycles. The van der Waals surface area contributed by atoms with Crippen LogP contribution in [0.1, 0.15) is 61.0 Å². The molecule has 0 atom stereocenters. The first-order chi connectivity index (χ1) is 15.1. The second-order valence-electron chi connectivity index (χ2n) is 7.31. The molecule has 0 amide bonds. The molecule has 0 N–H and O–H groups in total. The second kappa shape index (κ2) is 13.3. The third-order valence-electron chi connectivity index (χ3n) is 4.88. The van der Waals surface area contributed by atoms with Crippen molar-refractivity contribution in [2.75, 3.05) is 20.3 Å². The number of carbonyl (C=O) groups excluding carboxylic acids is 1. The van der Waals surface area contributed by atoms with Crippen LogP contribution >= 0.6 is 0 Å². The van der Waals surface area contributed by atoms with Gasteiger partial charge in [-0.2, -0.15) is 0 Å². The fraction of sp³-hybridized carbons (Fsp3) is 0.370. The van der Waals surface area contributed by atoms with E-state index in [0.29, 0.717) is 25.2 Å². The van der Waals surface area contributed by atoms with Crippen LogP contribution in [0.5, 0.6) is 17.2 Å². The number of carbonyl (C=O) groups is 1. The predicted octanol–water partition coefficient (Wildman–Crippen LogP) is 6.68. The highest BCUT2D eigenvalue weighted by atomic mass is 16.5. The lowest BCUT2D eigenvalue weighted by Crippen LogP contribution is -2.04. The molecular formula is C27H34O4. The van der Waals surface area contributed by atoms with Crippen LogP contribution in [0, 0.1) is 0 Å². The van der Waals surface area contributed by atoms with E-state index in [9.17, 15) is 4.79 Å². The van der Waals surface area contributed by atoms with Crippen molar-refractivity contribution in [1.29, 1.82) is 0 Å². The summed E-state index contributed by atoms with van der Waals surface area (Å²) in [6, 6.07) is 11.0. The van der Waals surface area contributed by atoms with Gasteiger partial charge in [-0.15, -0.1) is 6.58 Å². The lowest BCUT2D eigenvalue weighted by Gasteiger charge is -2.16. The van der Waals surface area contributed by atoms with E-state index in [4.69, 9.17) is 14.2 Å². The largest absolute Gasteiger partial charge is 0.497 e. The maximum absolute atomic E-state index is 12.7. The van der Waals surface area contributed by atoms with Crippen molar-refractivity contribution in [1.82, 2.24) is 0 Å². The van der Waals surface area contributed by atoms with Crippen LogP contribution in [0.25, 0.3) is 6.08 Å². The van der Waals surface area contributed by atoms with E-state index < -0.39 is 0 Å². The quantitative estimate of drug-likeness (QED) is 0.147. The lowest BCUT2D eigenvalue weighted by atomic mass is 10.0. The molecule has 0 unspecified atom stereocenters. The molecule has 4 heteroatoms. The smallest absolute Gasteiger partial charge is 0.185 e. The van der Waals surface area contributed by atoms with Gasteiger partial charge in [-0.3, -0.25) is 4.79 Å². The minimum absolute atomic E-state index is 0.0713. The normalized spacial score (nSPS) is 10.8. The van der Waals surface area contributed by atoms with Gasteiger partial charge in [-0.05, 0) is 61.2 Å². The summed E-state index contributed by atoms with van der Waals surface area (Å²) in [6.07, 6.45) is 10.0. The highest BCUT2D eigenvalue weighted by Crippen LogP contribution is 2.31. The van der Waals surface area contributed by atoms with Crippen molar-refractivity contribution in [3.63, 3.8) is 0 Å². The Bertz CT molecular complexity index is 866. The van der Waals surface area contributed by atoms with E-state index in [1.807, 2.05) is 24.3 Å². The summed E-state index contributed by atoms with van der Waals surface area (Å²) in [7, 11) is 1.60. The molecule has 0 aliphatic rings. The van der Waals surface area contributed by atoms with E-state index in [0.717, 1.165) is 54.1 Å². The van der Waals surface area contributed by atoms with Crippen LogP contribution in [0.15, 0.2) is 55.1 Å². The van der Waals surface area contributed by atoms with E-state index in [1.165, 1.54) is 0 Å². The zero-order valence-corrected chi connectivity index (χ0v) is 19.0. The zero-order valence-electron chi connectivity index (χ0n) is 19.0. The molecule has 0 aliphatic heterocycles. The molecule has 2 aromatic rings. The molecule has 0 bridgehead atoms. The minimum Gasteiger partial charge on any atom is -0.497 e. The Kier molecular flexibility index (Phi) is 10.4. The summed E-state index contributed by atoms with van der Waals surface area (Å²) in [5.41, 5.74) is 2.52. The first-order valence-electron chi connectivity index (χ1n) is 11.0. The van der Waals surface area contributed by atoms with Crippen molar-refractivity contribution in [2.45, 2.75) is 46.0 Å². The third-order valence-corrected chi connectivity index (χ3v) is 4.88. The molecule has 4 nitrogen and oxygen atoms in total. The standard InChI is InChI=1S/C27H34O4/c1-5-8-17-30-24-19-22(25(10-7-3)27(20-24)31-18-9-6-2)13-16-26(28)21-11-14-23(29-4)15-12-21/h7,11-16,19-20H,3,5-6,8-10,17-18H2,1-2,4H3. The third kappa shape index (κ3) is 7.63. The molecule has 0 saturated carbocycles. The molecule has 0 radical (unpaired) electrons. The number of rotatable bonds is 14. The van der Waals surface area contributed by atoms with Gasteiger partial charge in [-0.1, -0.05) is 38.8 Å². The Morgan fingerprint density at radius 1 is 0.968 bits per heavy atom. The van der Waals surface area contributed by atoms with Gasteiger partial charge in [0.2, 0.25) is 0 Å². The molecule has 2 aromatic carbocycles. The van der Waals surface area contributed by atoms with Gasteiger partial charge in [0.15, 0.2) is 5.78 Å². The molecule has 2 rings (SSSR count). The SMILES string of the molecule is C=CCc1c(C=CC(=O)c2ccc(OC)cc2)cc(OCCCC)cc1OCCCC. The first-order valence-corrected chi connectivity index (χ1v) is 11.0. The first kappa shape index (κ1) is 24.3. The lowest BCUT2D eigenvalue weighted by molar-refractivity contribution is 0.104. The average molecular weight is 423 g/mol. The Hall–Kier alpha value is -3.01. The van der Waals surface area contributed by atoms with E-state index in [1.54, 1.807) is 37.5 Å². The van der Waals surface area contributed by atoms with Crippen molar-refractivity contribution >= 4 is 11.9 Å². The van der Waals surface area contributed by atoms with Gasteiger partial charge < -0.3 is 14.2 Å². The number of ketones is 1. The van der Waals surface area contributed by atoms with E-state index in [-0.39, 0.29) is 5.78 Å². The molecule has 31 heavy (non-hydrogen) atoms. The van der Waals surface area contributed by atoms with Gasteiger partial charge in [0.05, 0.1) is 20.3 Å². The Labute approximate surface area is 186 Å². The number of benzene rings is 2. The van der Waals surface area contributed by atoms with E-state index >= 15 is 0 Å². The number of methoxy groups -OCH3 is 1. The zero-order chi connectivity index (χ0) is 22.5. The van der Waals surface area contributed by atoms with Gasteiger partial charge in [0.25, 0.3) is 0 Å². The summed E-state index contributed by atoms with van der Waals surface area (Å²) >= 11 is 0. The number of ether oxygens (including phenoxy) is 3. The highest BCUT2D eigenvalue weighted by Gasteiger charge is 2.12. The maximum Gasteiger partial charge on any atom is 0.185 e. The van der Waals surface area contributed by atoms with Crippen LogP contribution in [0.4, 0.5) is 0 Å². The fourth-order valence-corrected chi connectivity index (χ4v) is 3.04. The molecule has 0 heterocycles. The Morgan fingerprint density at radius 2 is 1.65 bits per heavy atom. The number of hydrogen-bond acceptors (Lipinski definition) is 4. The van der Waals surface area contributed by atoms with E-state index in [2.05, 4.69) is 20.4 Å². The minimum atomic E-state index is -0.0713. The maximum atomic E-state index is 12.7. The van der Waals surface area contributed by atoms with Crippen molar-refractivity contribution in [3.8, 4) is 17.2 Å². The van der Waals surface area contributed by atoms with Gasteiger partial charge in [0.1, 0.15) is 17.2 Å². The van der Waals surface area contributed by atoms with Gasteiger partial charge >= 0.3 is 0 Å². The van der Waals surface area contributed by atoms with Crippen LogP contribution in [0.3, 0.4) is 0 Å². The summed E-state index contributed by atoms with van der Waals surface area (Å²) in [5.74, 6) is 2.20. The molecule has 0 aromatic heterocycles. The van der Waals surface area contributed by atoms with Gasteiger partial charge in [0, 0.05) is 17.2 Å². The van der Waals surface area contributed by atoms with Crippen LogP contribution in [0.2, 0.25) is 0 Å². The monoisotopic (exact) mass is 422 g/mol. The molecule has 0 spiro atoms. The molecule has 0 fully saturated rings. The Morgan fingerprint density at radius 3 is 2.26 bits per heavy atom. The van der Waals surface area contributed by atoms with Crippen molar-refractivity contribution < 1.29 is 19.0 Å². The number of allylic oxidation sites excluding steroid dienone is 2. The number of unbranched alkanes of at least 4 members (excludes halogenated alkanes) is 2. The van der Waals surface area contributed by atoms with Crippen molar-refractivity contribution in [2.24, 2.45) is 0 Å². The summed E-state index contributed by atoms with van der Waals surface area (Å²) in [4.78, 5) is 12.7. The van der Waals surface area contributed by atoms with Crippen LogP contribution in [-0.2, 0) is 6.42 Å². The van der Waals surface area contributed by atoms with Crippen LogP contribution in [-0.4, -0.2) is 26.1 Å². The van der Waals surface area contributed by atoms with Gasteiger partial charge in [-0.25, -0.2) is 0 Å². The average Bonchev–Trinajstić information content (AvgIpc) is 2.79. The van der Waals surface area contributed by atoms with Crippen LogP contribution < -0.4 is 14.2 Å². The number of hydrogen-bond donors (Lipinski definition) is 0. The summed E-state index contributed by atoms with van der Waals surface area (Å²) in [5, 5.41) is 0. The fourth-order valence-electron chi connectivity index (χ4n) is 3.04. The summed E-state index contributed by atoms with van der Waals surface area (Å²) in [6.45, 7) is 9.46.